The van der Waals surface area contributed by atoms with Gasteiger partial charge in [-0.2, -0.15) is 0 Å². The Morgan fingerprint density at radius 2 is 2.35 bits per heavy atom. The number of hydrogen-bond donors (Lipinski definition) is 2. The van der Waals surface area contributed by atoms with Gasteiger partial charge in [0.2, 0.25) is 5.91 Å². The molecule has 0 bridgehead atoms. The van der Waals surface area contributed by atoms with Crippen LogP contribution in [0.25, 0.3) is 5.69 Å². The van der Waals surface area contributed by atoms with Gasteiger partial charge in [0.15, 0.2) is 0 Å². The van der Waals surface area contributed by atoms with E-state index in [1.165, 1.54) is 6.33 Å². The molecule has 0 saturated carbocycles. The molecule has 7 heteroatoms. The van der Waals surface area contributed by atoms with E-state index >= 15 is 0 Å². The van der Waals surface area contributed by atoms with E-state index < -0.39 is 0 Å². The summed E-state index contributed by atoms with van der Waals surface area (Å²) in [6, 6.07) is 5.71. The highest BCUT2D eigenvalue weighted by molar-refractivity contribution is 5.91. The van der Waals surface area contributed by atoms with Gasteiger partial charge in [-0.3, -0.25) is 4.79 Å². The smallest absolute Gasteiger partial charge is 0.224 e. The van der Waals surface area contributed by atoms with Crippen LogP contribution in [0.5, 0.6) is 0 Å². The van der Waals surface area contributed by atoms with Crippen LogP contribution in [0.1, 0.15) is 12.0 Å². The molecule has 1 saturated heterocycles. The van der Waals surface area contributed by atoms with Crippen LogP contribution in [-0.4, -0.2) is 39.2 Å². The molecule has 2 aromatic rings. The molecule has 2 heterocycles. The summed E-state index contributed by atoms with van der Waals surface area (Å²) in [7, 11) is 0. The summed E-state index contributed by atoms with van der Waals surface area (Å²) < 4.78 is 1.58. The van der Waals surface area contributed by atoms with Gasteiger partial charge in [0, 0.05) is 12.1 Å². The van der Waals surface area contributed by atoms with Crippen molar-refractivity contribution in [3.8, 4) is 5.69 Å². The third-order valence-corrected chi connectivity index (χ3v) is 3.43. The van der Waals surface area contributed by atoms with Crippen molar-refractivity contribution < 1.29 is 4.79 Å². The molecule has 104 valence electrons. The van der Waals surface area contributed by atoms with Gasteiger partial charge in [-0.25, -0.2) is 4.68 Å². The topological polar surface area (TPSA) is 84.7 Å². The Morgan fingerprint density at radius 3 is 3.00 bits per heavy atom. The van der Waals surface area contributed by atoms with E-state index in [-0.39, 0.29) is 5.91 Å². The Bertz CT molecular complexity index is 605. The number of aromatic nitrogens is 4. The van der Waals surface area contributed by atoms with Crippen molar-refractivity contribution in [1.82, 2.24) is 25.5 Å². The van der Waals surface area contributed by atoms with Gasteiger partial charge in [-0.1, -0.05) is 6.07 Å². The number of carbonyl (C=O) groups excluding carboxylic acids is 1. The molecule has 20 heavy (non-hydrogen) atoms. The van der Waals surface area contributed by atoms with Gasteiger partial charge < -0.3 is 10.6 Å². The van der Waals surface area contributed by atoms with Crippen molar-refractivity contribution in [2.24, 2.45) is 5.92 Å². The Labute approximate surface area is 116 Å². The van der Waals surface area contributed by atoms with E-state index in [9.17, 15) is 4.79 Å². The SMILES string of the molecule is Cc1ccc(NC(=O)CC2CNC2)cc1-n1cnnn1. The van der Waals surface area contributed by atoms with Crippen LogP contribution in [0, 0.1) is 12.8 Å². The number of anilines is 1. The van der Waals surface area contributed by atoms with Crippen molar-refractivity contribution >= 4 is 11.6 Å². The molecule has 1 aromatic heterocycles. The Morgan fingerprint density at radius 1 is 1.50 bits per heavy atom. The molecule has 1 amide bonds. The summed E-state index contributed by atoms with van der Waals surface area (Å²) in [5.41, 5.74) is 2.66. The third kappa shape index (κ3) is 2.67. The second-order valence-corrected chi connectivity index (χ2v) is 5.03. The quantitative estimate of drug-likeness (QED) is 0.847. The molecule has 2 N–H and O–H groups in total. The molecule has 0 radical (unpaired) electrons. The lowest BCUT2D eigenvalue weighted by Crippen LogP contribution is -2.43. The predicted molar refractivity (Wildman–Crippen MR) is 73.5 cm³/mol. The lowest BCUT2D eigenvalue weighted by Gasteiger charge is -2.26. The lowest BCUT2D eigenvalue weighted by atomic mass is 9.99. The fourth-order valence-corrected chi connectivity index (χ4v) is 2.17. The lowest BCUT2D eigenvalue weighted by molar-refractivity contribution is -0.117. The number of nitrogens with one attached hydrogen (secondary N) is 2. The third-order valence-electron chi connectivity index (χ3n) is 3.43. The maximum absolute atomic E-state index is 11.9. The van der Waals surface area contributed by atoms with Crippen molar-refractivity contribution in [1.29, 1.82) is 0 Å². The number of benzene rings is 1. The first-order chi connectivity index (χ1) is 9.72. The average Bonchev–Trinajstić information content (AvgIpc) is 2.90. The molecule has 1 fully saturated rings. The molecule has 7 nitrogen and oxygen atoms in total. The molecule has 0 spiro atoms. The number of hydrogen-bond acceptors (Lipinski definition) is 5. The number of rotatable bonds is 4. The van der Waals surface area contributed by atoms with E-state index in [2.05, 4.69) is 26.2 Å². The van der Waals surface area contributed by atoms with Crippen molar-refractivity contribution in [2.45, 2.75) is 13.3 Å². The highest BCUT2D eigenvalue weighted by Crippen LogP contribution is 2.19. The van der Waals surface area contributed by atoms with Crippen molar-refractivity contribution in [3.63, 3.8) is 0 Å². The molecule has 0 atom stereocenters. The summed E-state index contributed by atoms with van der Waals surface area (Å²) in [6.07, 6.45) is 2.09. The number of aryl methyl sites for hydroxylation is 1. The highest BCUT2D eigenvalue weighted by Gasteiger charge is 2.20. The Balaban J connectivity index is 1.73. The van der Waals surface area contributed by atoms with Gasteiger partial charge in [-0.05, 0) is 54.1 Å². The Hall–Kier alpha value is -2.28. The van der Waals surface area contributed by atoms with Crippen molar-refractivity contribution in [3.05, 3.63) is 30.1 Å². The first kappa shape index (κ1) is 12.7. The number of nitrogens with zero attached hydrogens (tertiary/aromatic N) is 4. The van der Waals surface area contributed by atoms with Gasteiger partial charge in [0.25, 0.3) is 0 Å². The molecule has 1 aliphatic rings. The number of tetrazole rings is 1. The minimum absolute atomic E-state index is 0.0445. The summed E-state index contributed by atoms with van der Waals surface area (Å²) in [5.74, 6) is 0.502. The first-order valence-electron chi connectivity index (χ1n) is 6.57. The second kappa shape index (κ2) is 5.38. The molecule has 0 aliphatic carbocycles. The molecule has 1 aromatic carbocycles. The number of carbonyl (C=O) groups is 1. The van der Waals surface area contributed by atoms with Crippen LogP contribution in [0.2, 0.25) is 0 Å². The van der Waals surface area contributed by atoms with E-state index in [1.807, 2.05) is 25.1 Å². The van der Waals surface area contributed by atoms with Crippen LogP contribution < -0.4 is 10.6 Å². The number of amides is 1. The van der Waals surface area contributed by atoms with E-state index in [1.54, 1.807) is 4.68 Å². The van der Waals surface area contributed by atoms with Gasteiger partial charge in [-0.15, -0.1) is 5.10 Å². The summed E-state index contributed by atoms with van der Waals surface area (Å²) in [6.45, 7) is 3.83. The fourth-order valence-electron chi connectivity index (χ4n) is 2.17. The fraction of sp³-hybridized carbons (Fsp3) is 0.385. The normalized spacial score (nSPS) is 14.8. The maximum Gasteiger partial charge on any atom is 0.224 e. The predicted octanol–water partition coefficient (Wildman–Crippen LogP) is 0.519. The van der Waals surface area contributed by atoms with Crippen LogP contribution in [0.3, 0.4) is 0 Å². The Kier molecular flexibility index (Phi) is 3.42. The zero-order valence-corrected chi connectivity index (χ0v) is 11.2. The minimum Gasteiger partial charge on any atom is -0.326 e. The zero-order chi connectivity index (χ0) is 13.9. The standard InChI is InChI=1S/C13H16N6O/c1-9-2-3-11(5-12(9)19-8-15-17-18-19)16-13(20)4-10-6-14-7-10/h2-3,5,8,10,14H,4,6-7H2,1H3,(H,16,20). The summed E-state index contributed by atoms with van der Waals surface area (Å²) >= 11 is 0. The molecule has 0 unspecified atom stereocenters. The van der Waals surface area contributed by atoms with Gasteiger partial charge in [0.05, 0.1) is 5.69 Å². The second-order valence-electron chi connectivity index (χ2n) is 5.03. The maximum atomic E-state index is 11.9. The van der Waals surface area contributed by atoms with Crippen molar-refractivity contribution in [2.75, 3.05) is 18.4 Å². The molecular formula is C13H16N6O. The van der Waals surface area contributed by atoms with E-state index in [0.717, 1.165) is 30.0 Å². The van der Waals surface area contributed by atoms with Crippen LogP contribution in [-0.2, 0) is 4.79 Å². The van der Waals surface area contributed by atoms with Crippen LogP contribution in [0.15, 0.2) is 24.5 Å². The zero-order valence-electron chi connectivity index (χ0n) is 11.2. The van der Waals surface area contributed by atoms with Crippen LogP contribution in [0.4, 0.5) is 5.69 Å². The minimum atomic E-state index is 0.0445. The molecular weight excluding hydrogens is 256 g/mol. The first-order valence-corrected chi connectivity index (χ1v) is 6.57. The summed E-state index contributed by atoms with van der Waals surface area (Å²) in [4.78, 5) is 11.9. The van der Waals surface area contributed by atoms with Gasteiger partial charge in [0.1, 0.15) is 6.33 Å². The largest absolute Gasteiger partial charge is 0.326 e. The van der Waals surface area contributed by atoms with Gasteiger partial charge >= 0.3 is 0 Å². The van der Waals surface area contributed by atoms with E-state index in [4.69, 9.17) is 0 Å². The average molecular weight is 272 g/mol. The monoisotopic (exact) mass is 272 g/mol. The van der Waals surface area contributed by atoms with Crippen LogP contribution >= 0.6 is 0 Å². The van der Waals surface area contributed by atoms with E-state index in [0.29, 0.717) is 12.3 Å². The molecule has 1 aliphatic heterocycles. The highest BCUT2D eigenvalue weighted by atomic mass is 16.1. The molecule has 3 rings (SSSR count). The summed E-state index contributed by atoms with van der Waals surface area (Å²) in [5, 5.41) is 17.2.